The molecule has 2 heterocycles. The van der Waals surface area contributed by atoms with Gasteiger partial charge in [-0.1, -0.05) is 12.8 Å². The molecule has 2 saturated heterocycles. The lowest BCUT2D eigenvalue weighted by molar-refractivity contribution is -0.148. The van der Waals surface area contributed by atoms with Crippen molar-refractivity contribution >= 4 is 11.8 Å². The first kappa shape index (κ1) is 16.3. The average Bonchev–Trinajstić information content (AvgIpc) is 2.84. The van der Waals surface area contributed by atoms with E-state index in [1.807, 2.05) is 4.90 Å². The average molecular weight is 296 g/mol. The second-order valence-electron chi connectivity index (χ2n) is 6.68. The third-order valence-corrected chi connectivity index (χ3v) is 4.51. The molecule has 5 nitrogen and oxygen atoms in total. The minimum Gasteiger partial charge on any atom is -0.376 e. The van der Waals surface area contributed by atoms with Gasteiger partial charge in [0.05, 0.1) is 6.10 Å². The van der Waals surface area contributed by atoms with Crippen molar-refractivity contribution in [3.05, 3.63) is 0 Å². The van der Waals surface area contributed by atoms with Gasteiger partial charge in [-0.15, -0.1) is 0 Å². The highest BCUT2D eigenvalue weighted by Gasteiger charge is 2.39. The van der Waals surface area contributed by atoms with Crippen molar-refractivity contribution in [2.45, 2.75) is 58.5 Å². The van der Waals surface area contributed by atoms with Crippen LogP contribution in [0.4, 0.5) is 0 Å². The Morgan fingerprint density at radius 1 is 1.14 bits per heavy atom. The van der Waals surface area contributed by atoms with Gasteiger partial charge in [-0.2, -0.15) is 0 Å². The highest BCUT2D eigenvalue weighted by atomic mass is 16.5. The lowest BCUT2D eigenvalue weighted by atomic mass is 9.90. The van der Waals surface area contributed by atoms with E-state index in [0.29, 0.717) is 6.54 Å². The van der Waals surface area contributed by atoms with Gasteiger partial charge in [0.1, 0.15) is 5.41 Å². The van der Waals surface area contributed by atoms with E-state index in [4.69, 9.17) is 4.74 Å². The number of ether oxygens (including phenoxy) is 1. The first-order chi connectivity index (χ1) is 10.0. The summed E-state index contributed by atoms with van der Waals surface area (Å²) in [5, 5.41) is 2.89. The van der Waals surface area contributed by atoms with Crippen LogP contribution in [-0.2, 0) is 14.3 Å². The Morgan fingerprint density at radius 3 is 2.38 bits per heavy atom. The summed E-state index contributed by atoms with van der Waals surface area (Å²) in [5.74, 6) is -0.235. The van der Waals surface area contributed by atoms with Gasteiger partial charge in [0.15, 0.2) is 0 Å². The normalized spacial score (nSPS) is 23.7. The van der Waals surface area contributed by atoms with Crippen LogP contribution >= 0.6 is 0 Å². The first-order valence-corrected chi connectivity index (χ1v) is 8.21. The van der Waals surface area contributed by atoms with E-state index >= 15 is 0 Å². The van der Waals surface area contributed by atoms with Crippen LogP contribution < -0.4 is 5.32 Å². The Balaban J connectivity index is 1.88. The van der Waals surface area contributed by atoms with Crippen molar-refractivity contribution in [3.63, 3.8) is 0 Å². The summed E-state index contributed by atoms with van der Waals surface area (Å²) < 4.78 is 5.50. The maximum Gasteiger partial charge on any atom is 0.237 e. The van der Waals surface area contributed by atoms with E-state index in [9.17, 15) is 9.59 Å². The molecule has 2 amide bonds. The number of nitrogens with zero attached hydrogens (tertiary/aromatic N) is 1. The summed E-state index contributed by atoms with van der Waals surface area (Å²) in [6, 6.07) is 0. The molecule has 2 rings (SSSR count). The monoisotopic (exact) mass is 296 g/mol. The van der Waals surface area contributed by atoms with Gasteiger partial charge in [-0.25, -0.2) is 0 Å². The Morgan fingerprint density at radius 2 is 1.81 bits per heavy atom. The van der Waals surface area contributed by atoms with Crippen molar-refractivity contribution in [2.24, 2.45) is 5.41 Å². The lowest BCUT2D eigenvalue weighted by Gasteiger charge is -2.30. The molecular formula is C16H28N2O3. The van der Waals surface area contributed by atoms with Crippen molar-refractivity contribution in [1.82, 2.24) is 10.2 Å². The van der Waals surface area contributed by atoms with E-state index in [0.717, 1.165) is 45.4 Å². The molecule has 1 N–H and O–H groups in total. The largest absolute Gasteiger partial charge is 0.376 e. The van der Waals surface area contributed by atoms with Crippen molar-refractivity contribution < 1.29 is 14.3 Å². The molecule has 2 aliphatic rings. The predicted octanol–water partition coefficient (Wildman–Crippen LogP) is 1.71. The molecule has 21 heavy (non-hydrogen) atoms. The summed E-state index contributed by atoms with van der Waals surface area (Å²) in [6.45, 7) is 6.30. The fourth-order valence-electron chi connectivity index (χ4n) is 3.00. The van der Waals surface area contributed by atoms with Gasteiger partial charge in [-0.3, -0.25) is 9.59 Å². The number of carbonyl (C=O) groups excluding carboxylic acids is 2. The fraction of sp³-hybridized carbons (Fsp3) is 0.875. The maximum absolute atomic E-state index is 12.6. The molecule has 0 aromatic heterocycles. The number of rotatable bonds is 4. The lowest BCUT2D eigenvalue weighted by Crippen LogP contribution is -2.50. The minimum atomic E-state index is -0.997. The second-order valence-corrected chi connectivity index (χ2v) is 6.68. The number of hydrogen-bond acceptors (Lipinski definition) is 3. The van der Waals surface area contributed by atoms with Gasteiger partial charge in [-0.05, 0) is 39.5 Å². The van der Waals surface area contributed by atoms with Crippen LogP contribution in [0.25, 0.3) is 0 Å². The maximum atomic E-state index is 12.6. The Labute approximate surface area is 127 Å². The zero-order valence-electron chi connectivity index (χ0n) is 13.3. The van der Waals surface area contributed by atoms with Crippen molar-refractivity contribution in [1.29, 1.82) is 0 Å². The van der Waals surface area contributed by atoms with Gasteiger partial charge in [0, 0.05) is 26.2 Å². The first-order valence-electron chi connectivity index (χ1n) is 8.21. The highest BCUT2D eigenvalue weighted by Crippen LogP contribution is 2.22. The van der Waals surface area contributed by atoms with E-state index in [-0.39, 0.29) is 17.9 Å². The van der Waals surface area contributed by atoms with Gasteiger partial charge >= 0.3 is 0 Å². The fourth-order valence-corrected chi connectivity index (χ4v) is 3.00. The predicted molar refractivity (Wildman–Crippen MR) is 80.8 cm³/mol. The Hall–Kier alpha value is -1.10. The number of amides is 2. The number of likely N-dealkylation sites (tertiary alicyclic amines) is 1. The number of carbonyl (C=O) groups is 2. The molecule has 0 saturated carbocycles. The molecule has 0 bridgehead atoms. The zero-order chi connectivity index (χ0) is 15.3. The standard InChI is InChI=1S/C16H28N2O3/c1-16(2,14(19)17-12-13-8-7-11-21-13)15(20)18-9-5-3-4-6-10-18/h13H,3-12H2,1-2H3,(H,17,19). The van der Waals surface area contributed by atoms with E-state index < -0.39 is 5.41 Å². The number of nitrogens with one attached hydrogen (secondary N) is 1. The molecule has 0 radical (unpaired) electrons. The van der Waals surface area contributed by atoms with Gasteiger partial charge in [0.25, 0.3) is 0 Å². The molecule has 0 aliphatic carbocycles. The molecule has 0 aromatic carbocycles. The van der Waals surface area contributed by atoms with Gasteiger partial charge in [0.2, 0.25) is 11.8 Å². The van der Waals surface area contributed by atoms with Crippen LogP contribution in [-0.4, -0.2) is 49.1 Å². The van der Waals surface area contributed by atoms with Crippen LogP contribution in [0.15, 0.2) is 0 Å². The molecule has 0 spiro atoms. The molecule has 0 aromatic rings. The third-order valence-electron chi connectivity index (χ3n) is 4.51. The smallest absolute Gasteiger partial charge is 0.237 e. The third kappa shape index (κ3) is 4.19. The molecule has 5 heteroatoms. The molecule has 1 atom stereocenters. The zero-order valence-corrected chi connectivity index (χ0v) is 13.3. The molecular weight excluding hydrogens is 268 g/mol. The second kappa shape index (κ2) is 7.25. The minimum absolute atomic E-state index is 0.0470. The molecule has 120 valence electrons. The highest BCUT2D eigenvalue weighted by molar-refractivity contribution is 6.04. The Bertz CT molecular complexity index is 368. The van der Waals surface area contributed by atoms with E-state index in [2.05, 4.69) is 5.32 Å². The van der Waals surface area contributed by atoms with Crippen LogP contribution in [0.1, 0.15) is 52.4 Å². The summed E-state index contributed by atoms with van der Waals surface area (Å²) in [5.41, 5.74) is -0.997. The van der Waals surface area contributed by atoms with Crippen LogP contribution in [0.5, 0.6) is 0 Å². The van der Waals surface area contributed by atoms with Crippen LogP contribution in [0, 0.1) is 5.41 Å². The van der Waals surface area contributed by atoms with Crippen LogP contribution in [0.3, 0.4) is 0 Å². The Kier molecular flexibility index (Phi) is 5.62. The topological polar surface area (TPSA) is 58.6 Å². The van der Waals surface area contributed by atoms with Crippen molar-refractivity contribution in [3.8, 4) is 0 Å². The molecule has 2 fully saturated rings. The van der Waals surface area contributed by atoms with E-state index in [1.54, 1.807) is 13.8 Å². The van der Waals surface area contributed by atoms with Gasteiger partial charge < -0.3 is 15.0 Å². The summed E-state index contributed by atoms with van der Waals surface area (Å²) in [7, 11) is 0. The molecule has 1 unspecified atom stereocenters. The summed E-state index contributed by atoms with van der Waals surface area (Å²) in [4.78, 5) is 26.9. The quantitative estimate of drug-likeness (QED) is 0.804. The van der Waals surface area contributed by atoms with E-state index in [1.165, 1.54) is 12.8 Å². The van der Waals surface area contributed by atoms with Crippen LogP contribution in [0.2, 0.25) is 0 Å². The number of hydrogen-bond donors (Lipinski definition) is 1. The summed E-state index contributed by atoms with van der Waals surface area (Å²) in [6.07, 6.45) is 6.58. The summed E-state index contributed by atoms with van der Waals surface area (Å²) >= 11 is 0. The van der Waals surface area contributed by atoms with Crippen molar-refractivity contribution in [2.75, 3.05) is 26.2 Å². The molecule has 2 aliphatic heterocycles. The SMILES string of the molecule is CC(C)(C(=O)NCC1CCCO1)C(=O)N1CCCCCC1.